The van der Waals surface area contributed by atoms with Crippen LogP contribution in [0.2, 0.25) is 0 Å². The molecule has 0 saturated heterocycles. The van der Waals surface area contributed by atoms with Crippen LogP contribution in [-0.2, 0) is 11.2 Å². The van der Waals surface area contributed by atoms with Gasteiger partial charge in [0.15, 0.2) is 12.4 Å². The van der Waals surface area contributed by atoms with Crippen LogP contribution in [0.1, 0.15) is 12.0 Å². The van der Waals surface area contributed by atoms with Crippen molar-refractivity contribution in [1.29, 1.82) is 0 Å². The van der Waals surface area contributed by atoms with Crippen molar-refractivity contribution in [3.8, 4) is 17.2 Å². The molecule has 8 nitrogen and oxygen atoms in total. The van der Waals surface area contributed by atoms with Gasteiger partial charge < -0.3 is 19.1 Å². The Labute approximate surface area is 156 Å². The number of nitro benzene ring substituents is 1. The van der Waals surface area contributed by atoms with Gasteiger partial charge in [-0.25, -0.2) is 0 Å². The number of hydrogen-bond acceptors (Lipinski definition) is 6. The molecule has 0 radical (unpaired) electrons. The molecular weight excluding hydrogens is 352 g/mol. The molecule has 0 fully saturated rings. The molecule has 1 aliphatic heterocycles. The predicted molar refractivity (Wildman–Crippen MR) is 98.8 cm³/mol. The summed E-state index contributed by atoms with van der Waals surface area (Å²) < 4.78 is 15.7. The highest BCUT2D eigenvalue weighted by Gasteiger charge is 2.24. The van der Waals surface area contributed by atoms with Crippen molar-refractivity contribution in [3.05, 3.63) is 52.1 Å². The van der Waals surface area contributed by atoms with Crippen molar-refractivity contribution < 1.29 is 23.9 Å². The van der Waals surface area contributed by atoms with Crippen LogP contribution in [0.5, 0.6) is 17.2 Å². The second-order valence-electron chi connectivity index (χ2n) is 6.02. The fraction of sp³-hybridized carbons (Fsp3) is 0.316. The van der Waals surface area contributed by atoms with E-state index in [0.717, 1.165) is 29.8 Å². The molecule has 2 aromatic carbocycles. The lowest BCUT2D eigenvalue weighted by atomic mass is 10.0. The Bertz CT molecular complexity index is 867. The fourth-order valence-corrected chi connectivity index (χ4v) is 3.07. The van der Waals surface area contributed by atoms with E-state index in [1.54, 1.807) is 24.1 Å². The lowest BCUT2D eigenvalue weighted by Crippen LogP contribution is -2.38. The average Bonchev–Trinajstić information content (AvgIpc) is 2.70. The summed E-state index contributed by atoms with van der Waals surface area (Å²) in [7, 11) is 3.02. The number of fused-ring (bicyclic) bond motifs is 1. The Morgan fingerprint density at radius 2 is 1.85 bits per heavy atom. The topological polar surface area (TPSA) is 91.1 Å². The zero-order chi connectivity index (χ0) is 19.4. The van der Waals surface area contributed by atoms with E-state index in [-0.39, 0.29) is 24.0 Å². The molecule has 0 aliphatic carbocycles. The van der Waals surface area contributed by atoms with Gasteiger partial charge in [-0.2, -0.15) is 0 Å². The summed E-state index contributed by atoms with van der Waals surface area (Å²) in [6.07, 6.45) is 1.69. The minimum atomic E-state index is -0.565. The van der Waals surface area contributed by atoms with E-state index in [0.29, 0.717) is 12.3 Å². The number of rotatable bonds is 6. The second-order valence-corrected chi connectivity index (χ2v) is 6.02. The van der Waals surface area contributed by atoms with Gasteiger partial charge in [0.1, 0.15) is 11.5 Å². The smallest absolute Gasteiger partial charge is 0.314 e. The van der Waals surface area contributed by atoms with Crippen molar-refractivity contribution in [2.24, 2.45) is 0 Å². The first-order chi connectivity index (χ1) is 13.0. The van der Waals surface area contributed by atoms with E-state index >= 15 is 0 Å². The molecule has 0 saturated carbocycles. The van der Waals surface area contributed by atoms with E-state index in [9.17, 15) is 14.9 Å². The molecule has 8 heteroatoms. The molecule has 0 N–H and O–H groups in total. The van der Waals surface area contributed by atoms with Gasteiger partial charge in [-0.1, -0.05) is 0 Å². The van der Waals surface area contributed by atoms with Crippen LogP contribution in [-0.4, -0.2) is 38.2 Å². The van der Waals surface area contributed by atoms with Crippen molar-refractivity contribution in [3.63, 3.8) is 0 Å². The maximum atomic E-state index is 12.7. The molecule has 142 valence electrons. The first-order valence-corrected chi connectivity index (χ1v) is 8.46. The Kier molecular flexibility index (Phi) is 5.44. The van der Waals surface area contributed by atoms with E-state index in [2.05, 4.69) is 0 Å². The van der Waals surface area contributed by atoms with Gasteiger partial charge >= 0.3 is 5.69 Å². The number of benzene rings is 2. The number of anilines is 1. The molecule has 1 aliphatic rings. The van der Waals surface area contributed by atoms with E-state index in [1.807, 2.05) is 12.1 Å². The molecule has 0 spiro atoms. The summed E-state index contributed by atoms with van der Waals surface area (Å²) in [4.78, 5) is 25.0. The normalized spacial score (nSPS) is 12.9. The first kappa shape index (κ1) is 18.5. The lowest BCUT2D eigenvalue weighted by Gasteiger charge is -2.29. The maximum Gasteiger partial charge on any atom is 0.314 e. The number of nitro groups is 1. The molecule has 1 amide bonds. The Morgan fingerprint density at radius 3 is 2.56 bits per heavy atom. The third-order valence-corrected chi connectivity index (χ3v) is 4.42. The first-order valence-electron chi connectivity index (χ1n) is 8.46. The second kappa shape index (κ2) is 7.94. The number of carbonyl (C=O) groups is 1. The van der Waals surface area contributed by atoms with Crippen molar-refractivity contribution in [1.82, 2.24) is 0 Å². The number of carbonyl (C=O) groups excluding carboxylic acids is 1. The van der Waals surface area contributed by atoms with Crippen molar-refractivity contribution >= 4 is 17.3 Å². The Hall–Kier alpha value is -3.29. The molecular formula is C19H20N2O6. The van der Waals surface area contributed by atoms with E-state index in [4.69, 9.17) is 14.2 Å². The van der Waals surface area contributed by atoms with Gasteiger partial charge in [0, 0.05) is 12.2 Å². The quantitative estimate of drug-likeness (QED) is 0.572. The van der Waals surface area contributed by atoms with Crippen LogP contribution in [0.15, 0.2) is 36.4 Å². The molecule has 27 heavy (non-hydrogen) atoms. The third kappa shape index (κ3) is 3.94. The monoisotopic (exact) mass is 372 g/mol. The number of nitrogens with zero attached hydrogens (tertiary/aromatic N) is 2. The minimum absolute atomic E-state index is 0.0288. The predicted octanol–water partition coefficient (Wildman–Crippen LogP) is 2.97. The van der Waals surface area contributed by atoms with E-state index < -0.39 is 4.92 Å². The summed E-state index contributed by atoms with van der Waals surface area (Å²) in [5.41, 5.74) is 1.61. The number of aryl methyl sites for hydroxylation is 1. The van der Waals surface area contributed by atoms with Crippen molar-refractivity contribution in [2.45, 2.75) is 12.8 Å². The summed E-state index contributed by atoms with van der Waals surface area (Å²) in [5.74, 6) is 0.861. The Balaban J connectivity index is 1.75. The standard InChI is InChI=1S/C19H20N2O6/c1-25-14-5-7-16-13(10-14)4-3-9-20(16)19(22)12-27-18-8-6-15(26-2)11-17(18)21(23)24/h5-8,10-11H,3-4,9,12H2,1-2H3. The van der Waals surface area contributed by atoms with Crippen LogP contribution < -0.4 is 19.1 Å². The molecule has 3 rings (SSSR count). The molecule has 1 heterocycles. The summed E-state index contributed by atoms with van der Waals surface area (Å²) in [6, 6.07) is 9.82. The molecule has 0 bridgehead atoms. The zero-order valence-electron chi connectivity index (χ0n) is 15.1. The van der Waals surface area contributed by atoms with Crippen LogP contribution in [0.4, 0.5) is 11.4 Å². The minimum Gasteiger partial charge on any atom is -0.497 e. The van der Waals surface area contributed by atoms with Crippen LogP contribution in [0.3, 0.4) is 0 Å². The third-order valence-electron chi connectivity index (χ3n) is 4.42. The van der Waals surface area contributed by atoms with Crippen LogP contribution >= 0.6 is 0 Å². The molecule has 2 aromatic rings. The number of methoxy groups -OCH3 is 2. The summed E-state index contributed by atoms with van der Waals surface area (Å²) in [5, 5.41) is 11.2. The highest BCUT2D eigenvalue weighted by atomic mass is 16.6. The van der Waals surface area contributed by atoms with E-state index in [1.165, 1.54) is 19.2 Å². The highest BCUT2D eigenvalue weighted by Crippen LogP contribution is 2.32. The fourth-order valence-electron chi connectivity index (χ4n) is 3.07. The number of ether oxygens (including phenoxy) is 3. The average molecular weight is 372 g/mol. The SMILES string of the molecule is COc1ccc2c(c1)CCCN2C(=O)COc1ccc(OC)cc1[N+](=O)[O-]. The largest absolute Gasteiger partial charge is 0.497 e. The van der Waals surface area contributed by atoms with Gasteiger partial charge in [-0.05, 0) is 48.7 Å². The van der Waals surface area contributed by atoms with Gasteiger partial charge in [-0.15, -0.1) is 0 Å². The van der Waals surface area contributed by atoms with Gasteiger partial charge in [0.25, 0.3) is 5.91 Å². The maximum absolute atomic E-state index is 12.7. The Morgan fingerprint density at radius 1 is 1.15 bits per heavy atom. The van der Waals surface area contributed by atoms with Gasteiger partial charge in [0.2, 0.25) is 0 Å². The molecule has 0 atom stereocenters. The zero-order valence-corrected chi connectivity index (χ0v) is 15.1. The molecule has 0 aromatic heterocycles. The lowest BCUT2D eigenvalue weighted by molar-refractivity contribution is -0.385. The van der Waals surface area contributed by atoms with Crippen molar-refractivity contribution in [2.75, 3.05) is 32.3 Å². The number of hydrogen-bond donors (Lipinski definition) is 0. The number of amides is 1. The highest BCUT2D eigenvalue weighted by molar-refractivity contribution is 5.95. The molecule has 0 unspecified atom stereocenters. The van der Waals surface area contributed by atoms with Crippen LogP contribution in [0.25, 0.3) is 0 Å². The van der Waals surface area contributed by atoms with Crippen LogP contribution in [0, 0.1) is 10.1 Å². The van der Waals surface area contributed by atoms with Gasteiger partial charge in [-0.3, -0.25) is 14.9 Å². The summed E-state index contributed by atoms with van der Waals surface area (Å²) in [6.45, 7) is 0.283. The summed E-state index contributed by atoms with van der Waals surface area (Å²) >= 11 is 0. The van der Waals surface area contributed by atoms with Gasteiger partial charge in [0.05, 0.1) is 25.2 Å².